The molecule has 2 aromatic rings. The molecule has 1 aromatic carbocycles. The third-order valence-corrected chi connectivity index (χ3v) is 4.26. The molecule has 1 N–H and O–H groups in total. The number of amides is 1. The van der Waals surface area contributed by atoms with Gasteiger partial charge in [0.15, 0.2) is 5.54 Å². The van der Waals surface area contributed by atoms with Crippen molar-refractivity contribution in [1.82, 2.24) is 10.3 Å². The van der Waals surface area contributed by atoms with Gasteiger partial charge in [-0.3, -0.25) is 9.78 Å². The van der Waals surface area contributed by atoms with Gasteiger partial charge in [0.25, 0.3) is 5.91 Å². The molecule has 0 saturated heterocycles. The maximum Gasteiger partial charge on any atom is 0.273 e. The van der Waals surface area contributed by atoms with Crippen LogP contribution in [0.3, 0.4) is 0 Å². The smallest absolute Gasteiger partial charge is 0.273 e. The monoisotopic (exact) mass is 382 g/mol. The molecule has 1 amide bonds. The maximum absolute atomic E-state index is 12.5. The minimum Gasteiger partial charge on any atom is -0.470 e. The van der Waals surface area contributed by atoms with Gasteiger partial charge in [0, 0.05) is 17.1 Å². The highest BCUT2D eigenvalue weighted by Crippen LogP contribution is 2.23. The molecule has 7 nitrogen and oxygen atoms in total. The molecule has 0 aliphatic rings. The normalized spacial score (nSPS) is 14.0. The van der Waals surface area contributed by atoms with Crippen molar-refractivity contribution >= 4 is 34.8 Å². The molecule has 27 heavy (non-hydrogen) atoms. The van der Waals surface area contributed by atoms with Gasteiger partial charge in [-0.15, -0.1) is 18.2 Å². The van der Waals surface area contributed by atoms with Crippen molar-refractivity contribution in [2.75, 3.05) is 13.4 Å². The van der Waals surface area contributed by atoms with E-state index in [0.29, 0.717) is 11.3 Å². The SMILES string of the molecule is C#Cc1cnc2ccc(OC(SC)C(=O)NC(C)(C#N)/C=N/OC)cc2c1. The zero-order valence-electron chi connectivity index (χ0n) is 15.1. The number of hydrogen-bond acceptors (Lipinski definition) is 7. The van der Waals surface area contributed by atoms with Gasteiger partial charge in [-0.1, -0.05) is 11.1 Å². The zero-order chi connectivity index (χ0) is 19.9. The van der Waals surface area contributed by atoms with Crippen LogP contribution >= 0.6 is 11.8 Å². The van der Waals surface area contributed by atoms with Gasteiger partial charge in [-0.05, 0) is 37.4 Å². The Balaban J connectivity index is 2.19. The second-order valence-corrected chi connectivity index (χ2v) is 6.53. The average Bonchev–Trinajstić information content (AvgIpc) is 2.69. The van der Waals surface area contributed by atoms with Gasteiger partial charge in [0.05, 0.1) is 17.8 Å². The molecule has 0 spiro atoms. The van der Waals surface area contributed by atoms with Gasteiger partial charge in [0.2, 0.25) is 5.44 Å². The van der Waals surface area contributed by atoms with Crippen LogP contribution in [0.2, 0.25) is 0 Å². The predicted molar refractivity (Wildman–Crippen MR) is 105 cm³/mol. The summed E-state index contributed by atoms with van der Waals surface area (Å²) in [6, 6.07) is 9.05. The summed E-state index contributed by atoms with van der Waals surface area (Å²) < 4.78 is 5.79. The van der Waals surface area contributed by atoms with Crippen molar-refractivity contribution in [3.05, 3.63) is 36.0 Å². The average molecular weight is 382 g/mol. The van der Waals surface area contributed by atoms with E-state index in [1.807, 2.05) is 12.1 Å². The molecule has 2 rings (SSSR count). The lowest BCUT2D eigenvalue weighted by molar-refractivity contribution is -0.125. The number of oxime groups is 1. The van der Waals surface area contributed by atoms with Crippen molar-refractivity contribution in [2.24, 2.45) is 5.16 Å². The summed E-state index contributed by atoms with van der Waals surface area (Å²) in [6.07, 6.45) is 9.97. The highest BCUT2D eigenvalue weighted by molar-refractivity contribution is 7.99. The van der Waals surface area contributed by atoms with Crippen molar-refractivity contribution in [3.63, 3.8) is 0 Å². The maximum atomic E-state index is 12.5. The first-order chi connectivity index (χ1) is 12.9. The summed E-state index contributed by atoms with van der Waals surface area (Å²) in [7, 11) is 1.35. The Kier molecular flexibility index (Phi) is 6.64. The molecule has 0 bridgehead atoms. The van der Waals surface area contributed by atoms with Crippen molar-refractivity contribution < 1.29 is 14.4 Å². The Morgan fingerprint density at radius 2 is 2.30 bits per heavy atom. The van der Waals surface area contributed by atoms with E-state index in [1.54, 1.807) is 30.7 Å². The largest absolute Gasteiger partial charge is 0.470 e. The van der Waals surface area contributed by atoms with Gasteiger partial charge < -0.3 is 14.9 Å². The van der Waals surface area contributed by atoms with Crippen LogP contribution in [0.25, 0.3) is 10.9 Å². The van der Waals surface area contributed by atoms with Crippen LogP contribution in [0.4, 0.5) is 0 Å². The van der Waals surface area contributed by atoms with Crippen LogP contribution in [-0.2, 0) is 9.63 Å². The van der Waals surface area contributed by atoms with E-state index in [9.17, 15) is 10.1 Å². The number of rotatable bonds is 7. The second kappa shape index (κ2) is 8.93. The number of fused-ring (bicyclic) bond motifs is 1. The number of ether oxygens (including phenoxy) is 1. The zero-order valence-corrected chi connectivity index (χ0v) is 15.9. The molecule has 1 heterocycles. The molecule has 0 fully saturated rings. The standard InChI is InChI=1S/C19H18N4O3S/c1-5-13-8-14-9-15(6-7-16(14)21-10-13)26-18(27-4)17(24)23-19(2,11-20)12-22-25-3/h1,6-10,12,18H,2-4H3,(H,23,24)/b22-12+. The fraction of sp³-hybridized carbons (Fsp3) is 0.263. The third-order valence-electron chi connectivity index (χ3n) is 3.52. The molecule has 1 aromatic heterocycles. The molecule has 2 atom stereocenters. The first-order valence-corrected chi connectivity index (χ1v) is 9.10. The lowest BCUT2D eigenvalue weighted by atomic mass is 10.1. The summed E-state index contributed by atoms with van der Waals surface area (Å²) in [4.78, 5) is 21.4. The fourth-order valence-corrected chi connectivity index (χ4v) is 2.64. The van der Waals surface area contributed by atoms with Crippen molar-refractivity contribution in [3.8, 4) is 24.2 Å². The quantitative estimate of drug-likeness (QED) is 0.342. The number of nitriles is 1. The highest BCUT2D eigenvalue weighted by atomic mass is 32.2. The van der Waals surface area contributed by atoms with Crippen LogP contribution in [0, 0.1) is 23.7 Å². The summed E-state index contributed by atoms with van der Waals surface area (Å²) >= 11 is 1.19. The van der Waals surface area contributed by atoms with Crippen molar-refractivity contribution in [2.45, 2.75) is 17.9 Å². The van der Waals surface area contributed by atoms with Crippen LogP contribution in [0.1, 0.15) is 12.5 Å². The van der Waals surface area contributed by atoms with Gasteiger partial charge in [-0.2, -0.15) is 5.26 Å². The first kappa shape index (κ1) is 20.1. The van der Waals surface area contributed by atoms with Crippen molar-refractivity contribution in [1.29, 1.82) is 5.26 Å². The molecular formula is C19H18N4O3S. The van der Waals surface area contributed by atoms with Crippen LogP contribution in [-0.4, -0.2) is 41.4 Å². The first-order valence-electron chi connectivity index (χ1n) is 7.81. The van der Waals surface area contributed by atoms with Crippen LogP contribution in [0.5, 0.6) is 5.75 Å². The van der Waals surface area contributed by atoms with E-state index in [2.05, 4.69) is 26.2 Å². The summed E-state index contributed by atoms with van der Waals surface area (Å²) in [5, 5.41) is 16.2. The van der Waals surface area contributed by atoms with E-state index in [4.69, 9.17) is 11.2 Å². The number of thioether (sulfide) groups is 1. The van der Waals surface area contributed by atoms with E-state index in [-0.39, 0.29) is 0 Å². The van der Waals surface area contributed by atoms with E-state index in [0.717, 1.165) is 10.9 Å². The molecule has 0 aliphatic carbocycles. The minimum absolute atomic E-state index is 0.468. The van der Waals surface area contributed by atoms with E-state index < -0.39 is 16.9 Å². The minimum atomic E-state index is -1.32. The van der Waals surface area contributed by atoms with Gasteiger partial charge in [-0.25, -0.2) is 0 Å². The third kappa shape index (κ3) is 5.13. The lowest BCUT2D eigenvalue weighted by Gasteiger charge is -2.22. The molecule has 0 radical (unpaired) electrons. The Bertz CT molecular complexity index is 948. The topological polar surface area (TPSA) is 96.6 Å². The number of benzene rings is 1. The Morgan fingerprint density at radius 3 is 2.93 bits per heavy atom. The Hall–Kier alpha value is -3.23. The predicted octanol–water partition coefficient (Wildman–Crippen LogP) is 2.31. The number of terminal acetylenes is 1. The molecule has 8 heteroatoms. The van der Waals surface area contributed by atoms with E-state index in [1.165, 1.54) is 32.0 Å². The molecule has 0 aliphatic heterocycles. The number of nitrogens with one attached hydrogen (secondary N) is 1. The second-order valence-electron chi connectivity index (χ2n) is 5.63. The number of carbonyl (C=O) groups excluding carboxylic acids is 1. The Labute approximate surface area is 161 Å². The fourth-order valence-electron chi connectivity index (χ4n) is 2.16. The number of hydrogen-bond donors (Lipinski definition) is 1. The molecule has 2 unspecified atom stereocenters. The van der Waals surface area contributed by atoms with Crippen LogP contribution in [0.15, 0.2) is 35.6 Å². The number of carbonyl (C=O) groups is 1. The Morgan fingerprint density at radius 1 is 1.52 bits per heavy atom. The number of nitrogens with zero attached hydrogens (tertiary/aromatic N) is 3. The number of aromatic nitrogens is 1. The summed E-state index contributed by atoms with van der Waals surface area (Å²) in [5.74, 6) is 2.55. The van der Waals surface area contributed by atoms with Crippen LogP contribution < -0.4 is 10.1 Å². The lowest BCUT2D eigenvalue weighted by Crippen LogP contribution is -2.50. The van der Waals surface area contributed by atoms with Gasteiger partial charge in [0.1, 0.15) is 12.9 Å². The molecule has 0 saturated carbocycles. The molecule has 138 valence electrons. The van der Waals surface area contributed by atoms with Gasteiger partial charge >= 0.3 is 0 Å². The summed E-state index contributed by atoms with van der Waals surface area (Å²) in [5.41, 5.74) is -0.769. The highest BCUT2D eigenvalue weighted by Gasteiger charge is 2.29. The van der Waals surface area contributed by atoms with E-state index >= 15 is 0 Å². The number of pyridine rings is 1. The summed E-state index contributed by atoms with van der Waals surface area (Å²) in [6.45, 7) is 1.51. The molecular weight excluding hydrogens is 364 g/mol.